The monoisotopic (exact) mass is 336 g/mol. The van der Waals surface area contributed by atoms with Gasteiger partial charge in [-0.15, -0.1) is 0 Å². The molecule has 2 heterocycles. The van der Waals surface area contributed by atoms with Crippen LogP contribution in [-0.2, 0) is 10.2 Å². The van der Waals surface area contributed by atoms with E-state index in [9.17, 15) is 9.59 Å². The molecule has 2 aliphatic rings. The number of carbonyl (C=O) groups excluding carboxylic acids is 2. The first-order valence-electron chi connectivity index (χ1n) is 8.40. The number of fused-ring (bicyclic) bond motifs is 2. The minimum absolute atomic E-state index is 0.0147. The van der Waals surface area contributed by atoms with Crippen molar-refractivity contribution < 1.29 is 14.3 Å². The quantitative estimate of drug-likeness (QED) is 0.917. The molecule has 0 aliphatic carbocycles. The zero-order valence-corrected chi connectivity index (χ0v) is 14.3. The molecule has 0 saturated carbocycles. The summed E-state index contributed by atoms with van der Waals surface area (Å²) in [5.74, 6) is 0.674. The lowest BCUT2D eigenvalue weighted by atomic mass is 9.81. The Hall–Kier alpha value is -2.82. The molecule has 2 amide bonds. The van der Waals surface area contributed by atoms with Gasteiger partial charge in [0.05, 0.1) is 12.5 Å². The van der Waals surface area contributed by atoms with E-state index in [0.717, 1.165) is 22.6 Å². The number of likely N-dealkylation sites (tertiary alicyclic amines) is 1. The second-order valence-electron chi connectivity index (χ2n) is 6.74. The lowest BCUT2D eigenvalue weighted by Gasteiger charge is -2.23. The van der Waals surface area contributed by atoms with Crippen LogP contribution < -0.4 is 10.1 Å². The highest BCUT2D eigenvalue weighted by Gasteiger charge is 2.52. The first kappa shape index (κ1) is 15.7. The standard InChI is InChI=1S/C20H20N2O3/c1-13-5-3-4-6-15(13)18(23)22-10-9-20(12-22)16-11-14(25-2)7-8-17(16)21-19(20)24/h3-8,11H,9-10,12H2,1-2H3,(H,21,24)/t20-/m1/s1. The van der Waals surface area contributed by atoms with Gasteiger partial charge in [-0.25, -0.2) is 0 Å². The maximum absolute atomic E-state index is 12.9. The zero-order chi connectivity index (χ0) is 17.6. The van der Waals surface area contributed by atoms with Crippen molar-refractivity contribution in [2.24, 2.45) is 0 Å². The molecule has 1 saturated heterocycles. The van der Waals surface area contributed by atoms with E-state index in [4.69, 9.17) is 4.74 Å². The average Bonchev–Trinajstić information content (AvgIpc) is 3.18. The first-order chi connectivity index (χ1) is 12.0. The van der Waals surface area contributed by atoms with E-state index in [1.165, 1.54) is 0 Å². The van der Waals surface area contributed by atoms with E-state index in [-0.39, 0.29) is 11.8 Å². The molecular formula is C20H20N2O3. The SMILES string of the molecule is COc1ccc2c(c1)[C@]1(CCN(C(=O)c3ccccc3C)C1)C(=O)N2. The highest BCUT2D eigenvalue weighted by Crippen LogP contribution is 2.45. The minimum atomic E-state index is -0.678. The van der Waals surface area contributed by atoms with Gasteiger partial charge >= 0.3 is 0 Å². The summed E-state index contributed by atoms with van der Waals surface area (Å²) < 4.78 is 5.32. The molecule has 0 unspecified atom stereocenters. The van der Waals surface area contributed by atoms with Crippen molar-refractivity contribution in [3.63, 3.8) is 0 Å². The third-order valence-corrected chi connectivity index (χ3v) is 5.36. The van der Waals surface area contributed by atoms with E-state index in [0.29, 0.717) is 25.1 Å². The molecule has 2 aliphatic heterocycles. The number of anilines is 1. The zero-order valence-electron chi connectivity index (χ0n) is 14.3. The van der Waals surface area contributed by atoms with Gasteiger partial charge in [-0.1, -0.05) is 18.2 Å². The van der Waals surface area contributed by atoms with E-state index in [2.05, 4.69) is 5.32 Å². The van der Waals surface area contributed by atoms with Crippen molar-refractivity contribution in [1.29, 1.82) is 0 Å². The minimum Gasteiger partial charge on any atom is -0.497 e. The summed E-state index contributed by atoms with van der Waals surface area (Å²) in [5, 5.41) is 2.96. The van der Waals surface area contributed by atoms with E-state index in [1.807, 2.05) is 49.4 Å². The fourth-order valence-electron chi connectivity index (χ4n) is 3.89. The number of benzene rings is 2. The molecule has 1 fully saturated rings. The molecule has 0 aromatic heterocycles. The summed E-state index contributed by atoms with van der Waals surface area (Å²) in [6.45, 7) is 2.89. The molecule has 25 heavy (non-hydrogen) atoms. The molecule has 1 N–H and O–H groups in total. The van der Waals surface area contributed by atoms with Gasteiger partial charge in [0.25, 0.3) is 5.91 Å². The number of carbonyl (C=O) groups is 2. The summed E-state index contributed by atoms with van der Waals surface area (Å²) in [7, 11) is 1.61. The van der Waals surface area contributed by atoms with Crippen LogP contribution in [0.3, 0.4) is 0 Å². The lowest BCUT2D eigenvalue weighted by molar-refractivity contribution is -0.120. The molecule has 5 heteroatoms. The van der Waals surface area contributed by atoms with Crippen LogP contribution in [-0.4, -0.2) is 36.9 Å². The number of nitrogens with zero attached hydrogens (tertiary/aromatic N) is 1. The van der Waals surface area contributed by atoms with Crippen LogP contribution in [0, 0.1) is 6.92 Å². The van der Waals surface area contributed by atoms with Crippen LogP contribution >= 0.6 is 0 Å². The van der Waals surface area contributed by atoms with Gasteiger partial charge < -0.3 is 15.0 Å². The number of aryl methyl sites for hydroxylation is 1. The van der Waals surface area contributed by atoms with E-state index < -0.39 is 5.41 Å². The Bertz CT molecular complexity index is 877. The summed E-state index contributed by atoms with van der Waals surface area (Å²) >= 11 is 0. The van der Waals surface area contributed by atoms with Crippen LogP contribution in [0.5, 0.6) is 5.75 Å². The largest absolute Gasteiger partial charge is 0.497 e. The Morgan fingerprint density at radius 2 is 2.04 bits per heavy atom. The van der Waals surface area contributed by atoms with Gasteiger partial charge in [0.1, 0.15) is 5.75 Å². The van der Waals surface area contributed by atoms with Gasteiger partial charge in [0, 0.05) is 24.3 Å². The normalized spacial score (nSPS) is 21.4. The number of amides is 2. The molecule has 5 nitrogen and oxygen atoms in total. The summed E-state index contributed by atoms with van der Waals surface area (Å²) in [4.78, 5) is 27.4. The summed E-state index contributed by atoms with van der Waals surface area (Å²) in [6.07, 6.45) is 0.622. The summed E-state index contributed by atoms with van der Waals surface area (Å²) in [6, 6.07) is 13.2. The molecule has 128 valence electrons. The number of ether oxygens (including phenoxy) is 1. The Labute approximate surface area is 146 Å². The second kappa shape index (κ2) is 5.62. The predicted octanol–water partition coefficient (Wildman–Crippen LogP) is 2.74. The maximum atomic E-state index is 12.9. The molecule has 2 aromatic carbocycles. The number of hydrogen-bond donors (Lipinski definition) is 1. The third-order valence-electron chi connectivity index (χ3n) is 5.36. The highest BCUT2D eigenvalue weighted by atomic mass is 16.5. The van der Waals surface area contributed by atoms with Crippen molar-refractivity contribution in [3.8, 4) is 5.75 Å². The Balaban J connectivity index is 1.68. The lowest BCUT2D eigenvalue weighted by Crippen LogP contribution is -2.39. The van der Waals surface area contributed by atoms with Crippen molar-refractivity contribution in [3.05, 3.63) is 59.2 Å². The molecule has 2 aromatic rings. The van der Waals surface area contributed by atoms with Crippen molar-refractivity contribution >= 4 is 17.5 Å². The van der Waals surface area contributed by atoms with Crippen molar-refractivity contribution in [1.82, 2.24) is 4.90 Å². The van der Waals surface area contributed by atoms with Gasteiger partial charge in [-0.3, -0.25) is 9.59 Å². The van der Waals surface area contributed by atoms with Crippen molar-refractivity contribution in [2.45, 2.75) is 18.8 Å². The Morgan fingerprint density at radius 3 is 2.80 bits per heavy atom. The highest BCUT2D eigenvalue weighted by molar-refractivity contribution is 6.08. The Kier molecular flexibility index (Phi) is 3.53. The topological polar surface area (TPSA) is 58.6 Å². The number of hydrogen-bond acceptors (Lipinski definition) is 3. The summed E-state index contributed by atoms with van der Waals surface area (Å²) in [5.41, 5.74) is 2.71. The van der Waals surface area contributed by atoms with Crippen LogP contribution in [0.2, 0.25) is 0 Å². The predicted molar refractivity (Wildman–Crippen MR) is 95.0 cm³/mol. The van der Waals surface area contributed by atoms with Crippen LogP contribution in [0.15, 0.2) is 42.5 Å². The van der Waals surface area contributed by atoms with Gasteiger partial charge in [0.2, 0.25) is 5.91 Å². The van der Waals surface area contributed by atoms with Gasteiger partial charge in [-0.2, -0.15) is 0 Å². The number of rotatable bonds is 2. The van der Waals surface area contributed by atoms with Gasteiger partial charge in [0.15, 0.2) is 0 Å². The fraction of sp³-hybridized carbons (Fsp3) is 0.300. The van der Waals surface area contributed by atoms with Crippen LogP contribution in [0.4, 0.5) is 5.69 Å². The molecule has 1 atom stereocenters. The second-order valence-corrected chi connectivity index (χ2v) is 6.74. The fourth-order valence-corrected chi connectivity index (χ4v) is 3.89. The van der Waals surface area contributed by atoms with E-state index >= 15 is 0 Å². The number of nitrogens with one attached hydrogen (secondary N) is 1. The maximum Gasteiger partial charge on any atom is 0.254 e. The van der Waals surface area contributed by atoms with Crippen LogP contribution in [0.1, 0.15) is 27.9 Å². The third kappa shape index (κ3) is 2.30. The van der Waals surface area contributed by atoms with Crippen LogP contribution in [0.25, 0.3) is 0 Å². The van der Waals surface area contributed by atoms with Gasteiger partial charge in [-0.05, 0) is 48.7 Å². The first-order valence-corrected chi connectivity index (χ1v) is 8.40. The van der Waals surface area contributed by atoms with E-state index in [1.54, 1.807) is 12.0 Å². The molecule has 0 bridgehead atoms. The smallest absolute Gasteiger partial charge is 0.254 e. The number of methoxy groups -OCH3 is 1. The Morgan fingerprint density at radius 1 is 1.24 bits per heavy atom. The van der Waals surface area contributed by atoms with Crippen molar-refractivity contribution in [2.75, 3.05) is 25.5 Å². The molecule has 4 rings (SSSR count). The molecular weight excluding hydrogens is 316 g/mol. The molecule has 1 spiro atoms. The molecule has 0 radical (unpaired) electrons. The average molecular weight is 336 g/mol.